The third-order valence-electron chi connectivity index (χ3n) is 3.91. The van der Waals surface area contributed by atoms with Gasteiger partial charge in [-0.1, -0.05) is 0 Å². The molecule has 120 valence electrons. The zero-order valence-corrected chi connectivity index (χ0v) is 13.1. The Morgan fingerprint density at radius 3 is 3.05 bits per heavy atom. The smallest absolute Gasteiger partial charge is 0.408 e. The average Bonchev–Trinajstić information content (AvgIpc) is 2.87. The first-order chi connectivity index (χ1) is 10.5. The molecule has 1 unspecified atom stereocenters. The molecule has 1 atom stereocenters. The van der Waals surface area contributed by atoms with E-state index in [0.29, 0.717) is 25.2 Å². The molecule has 1 N–H and O–H groups in total. The zero-order chi connectivity index (χ0) is 15.7. The van der Waals surface area contributed by atoms with Crippen molar-refractivity contribution in [3.05, 3.63) is 28.7 Å². The number of fused-ring (bicyclic) bond motifs is 1. The van der Waals surface area contributed by atoms with Crippen LogP contribution in [0.1, 0.15) is 12.8 Å². The van der Waals surface area contributed by atoms with Gasteiger partial charge in [-0.2, -0.15) is 4.31 Å². The number of rotatable bonds is 4. The molecule has 1 saturated heterocycles. The van der Waals surface area contributed by atoms with Crippen molar-refractivity contribution in [2.75, 3.05) is 26.8 Å². The Morgan fingerprint density at radius 2 is 2.27 bits per heavy atom. The predicted molar refractivity (Wildman–Crippen MR) is 80.2 cm³/mol. The zero-order valence-electron chi connectivity index (χ0n) is 12.2. The number of nitrogens with zero attached hydrogens (tertiary/aromatic N) is 1. The van der Waals surface area contributed by atoms with Crippen molar-refractivity contribution in [2.45, 2.75) is 17.7 Å². The van der Waals surface area contributed by atoms with E-state index in [9.17, 15) is 13.2 Å². The van der Waals surface area contributed by atoms with Crippen molar-refractivity contribution in [2.24, 2.45) is 5.92 Å². The minimum Gasteiger partial charge on any atom is -0.408 e. The minimum absolute atomic E-state index is 0.140. The summed E-state index contributed by atoms with van der Waals surface area (Å²) in [5, 5.41) is 0. The fraction of sp³-hybridized carbons (Fsp3) is 0.500. The van der Waals surface area contributed by atoms with Gasteiger partial charge in [-0.05, 0) is 30.9 Å². The van der Waals surface area contributed by atoms with Crippen molar-refractivity contribution in [3.8, 4) is 0 Å². The molecule has 0 aliphatic carbocycles. The van der Waals surface area contributed by atoms with Gasteiger partial charge in [0, 0.05) is 26.3 Å². The van der Waals surface area contributed by atoms with Crippen LogP contribution in [-0.4, -0.2) is 44.5 Å². The van der Waals surface area contributed by atoms with Crippen molar-refractivity contribution in [1.82, 2.24) is 9.29 Å². The molecule has 2 heterocycles. The summed E-state index contributed by atoms with van der Waals surface area (Å²) in [5.41, 5.74) is 0.733. The fourth-order valence-electron chi connectivity index (χ4n) is 2.85. The van der Waals surface area contributed by atoms with E-state index in [4.69, 9.17) is 9.15 Å². The highest BCUT2D eigenvalue weighted by atomic mass is 32.2. The molecule has 8 heteroatoms. The summed E-state index contributed by atoms with van der Waals surface area (Å²) in [6, 6.07) is 4.43. The molecule has 2 aromatic rings. The maximum Gasteiger partial charge on any atom is 0.417 e. The highest BCUT2D eigenvalue weighted by molar-refractivity contribution is 7.89. The van der Waals surface area contributed by atoms with Crippen LogP contribution in [0.3, 0.4) is 0 Å². The molecular weight excluding hydrogens is 308 g/mol. The van der Waals surface area contributed by atoms with Gasteiger partial charge in [-0.3, -0.25) is 4.98 Å². The van der Waals surface area contributed by atoms with Gasteiger partial charge in [-0.15, -0.1) is 0 Å². The number of H-pyrrole nitrogens is 1. The Balaban J connectivity index is 1.91. The molecule has 1 fully saturated rings. The number of aromatic amines is 1. The van der Waals surface area contributed by atoms with E-state index in [-0.39, 0.29) is 16.4 Å². The van der Waals surface area contributed by atoms with Crippen LogP contribution < -0.4 is 5.76 Å². The van der Waals surface area contributed by atoms with Gasteiger partial charge in [0.1, 0.15) is 0 Å². The Labute approximate surface area is 127 Å². The van der Waals surface area contributed by atoms with Crippen LogP contribution in [0.15, 0.2) is 32.3 Å². The van der Waals surface area contributed by atoms with Gasteiger partial charge in [0.15, 0.2) is 5.58 Å². The number of ether oxygens (including phenoxy) is 1. The molecule has 1 aromatic carbocycles. The average molecular weight is 326 g/mol. The lowest BCUT2D eigenvalue weighted by molar-refractivity contribution is 0.118. The number of hydrogen-bond donors (Lipinski definition) is 1. The van der Waals surface area contributed by atoms with Gasteiger partial charge in [-0.25, -0.2) is 13.2 Å². The molecule has 0 saturated carbocycles. The van der Waals surface area contributed by atoms with E-state index >= 15 is 0 Å². The summed E-state index contributed by atoms with van der Waals surface area (Å²) >= 11 is 0. The maximum absolute atomic E-state index is 12.7. The van der Waals surface area contributed by atoms with Crippen LogP contribution in [0.5, 0.6) is 0 Å². The minimum atomic E-state index is -3.59. The third-order valence-corrected chi connectivity index (χ3v) is 5.78. The standard InChI is InChI=1S/C14H18N2O5S/c1-20-9-10-3-2-6-16(8-10)22(18,19)11-4-5-12-13(7-11)21-14(17)15-12/h4-5,7,10H,2-3,6,8-9H2,1H3,(H,15,17). The molecule has 0 amide bonds. The summed E-state index contributed by atoms with van der Waals surface area (Å²) < 4.78 is 37.0. The quantitative estimate of drug-likeness (QED) is 0.910. The topological polar surface area (TPSA) is 92.6 Å². The number of oxazole rings is 1. The van der Waals surface area contributed by atoms with E-state index in [2.05, 4.69) is 4.98 Å². The summed E-state index contributed by atoms with van der Waals surface area (Å²) in [5.74, 6) is -0.384. The Bertz CT molecular complexity index is 821. The van der Waals surface area contributed by atoms with Crippen molar-refractivity contribution < 1.29 is 17.6 Å². The maximum atomic E-state index is 12.7. The SMILES string of the molecule is COCC1CCCN(S(=O)(=O)c2ccc3[nH]c(=O)oc3c2)C1. The molecule has 22 heavy (non-hydrogen) atoms. The second-order valence-electron chi connectivity index (χ2n) is 5.50. The normalized spacial score (nSPS) is 20.5. The van der Waals surface area contributed by atoms with Gasteiger partial charge in [0.05, 0.1) is 17.0 Å². The van der Waals surface area contributed by atoms with Gasteiger partial charge in [0.25, 0.3) is 0 Å². The van der Waals surface area contributed by atoms with Crippen LogP contribution in [0, 0.1) is 5.92 Å². The van der Waals surface area contributed by atoms with Gasteiger partial charge < -0.3 is 9.15 Å². The van der Waals surface area contributed by atoms with Crippen molar-refractivity contribution >= 4 is 21.1 Å². The summed E-state index contributed by atoms with van der Waals surface area (Å²) in [6.45, 7) is 1.50. The van der Waals surface area contributed by atoms with E-state index < -0.39 is 15.8 Å². The van der Waals surface area contributed by atoms with Crippen molar-refractivity contribution in [3.63, 3.8) is 0 Å². The number of sulfonamides is 1. The van der Waals surface area contributed by atoms with Crippen LogP contribution in [0.2, 0.25) is 0 Å². The molecule has 1 aliphatic rings. The lowest BCUT2D eigenvalue weighted by atomic mass is 10.0. The lowest BCUT2D eigenvalue weighted by Gasteiger charge is -2.31. The fourth-order valence-corrected chi connectivity index (χ4v) is 4.42. The number of benzene rings is 1. The van der Waals surface area contributed by atoms with Crippen LogP contribution >= 0.6 is 0 Å². The Hall–Kier alpha value is -1.64. The monoisotopic (exact) mass is 326 g/mol. The first-order valence-corrected chi connectivity index (χ1v) is 8.56. The highest BCUT2D eigenvalue weighted by Gasteiger charge is 2.30. The van der Waals surface area contributed by atoms with Crippen molar-refractivity contribution in [1.29, 1.82) is 0 Å². The van der Waals surface area contributed by atoms with Crippen LogP contribution in [0.25, 0.3) is 11.1 Å². The highest BCUT2D eigenvalue weighted by Crippen LogP contribution is 2.25. The molecule has 0 spiro atoms. The molecule has 1 aromatic heterocycles. The van der Waals surface area contributed by atoms with Gasteiger partial charge in [0.2, 0.25) is 10.0 Å². The first kappa shape index (κ1) is 15.3. The summed E-state index contributed by atoms with van der Waals surface area (Å²) in [7, 11) is -1.97. The molecule has 0 bridgehead atoms. The van der Waals surface area contributed by atoms with Crippen LogP contribution in [-0.2, 0) is 14.8 Å². The number of nitrogens with one attached hydrogen (secondary N) is 1. The van der Waals surface area contributed by atoms with E-state index in [1.807, 2.05) is 0 Å². The van der Waals surface area contributed by atoms with Crippen LogP contribution in [0.4, 0.5) is 0 Å². The number of methoxy groups -OCH3 is 1. The number of aromatic nitrogens is 1. The largest absolute Gasteiger partial charge is 0.417 e. The molecular formula is C14H18N2O5S. The molecule has 7 nitrogen and oxygen atoms in total. The Morgan fingerprint density at radius 1 is 1.45 bits per heavy atom. The number of hydrogen-bond acceptors (Lipinski definition) is 5. The summed E-state index contributed by atoms with van der Waals surface area (Å²) in [6.07, 6.45) is 1.78. The lowest BCUT2D eigenvalue weighted by Crippen LogP contribution is -2.41. The molecule has 3 rings (SSSR count). The second-order valence-corrected chi connectivity index (χ2v) is 7.44. The van der Waals surface area contributed by atoms with E-state index in [1.165, 1.54) is 16.4 Å². The predicted octanol–water partition coefficient (Wildman–Crippen LogP) is 1.17. The first-order valence-electron chi connectivity index (χ1n) is 7.12. The molecule has 1 aliphatic heterocycles. The third kappa shape index (κ3) is 2.81. The number of piperidine rings is 1. The second kappa shape index (κ2) is 5.86. The van der Waals surface area contributed by atoms with E-state index in [0.717, 1.165) is 12.8 Å². The Kier molecular flexibility index (Phi) is 4.07. The summed E-state index contributed by atoms with van der Waals surface area (Å²) in [4.78, 5) is 13.8. The molecule has 0 radical (unpaired) electrons. The van der Waals surface area contributed by atoms with E-state index in [1.54, 1.807) is 13.2 Å². The van der Waals surface area contributed by atoms with Gasteiger partial charge >= 0.3 is 5.76 Å².